The third-order valence-corrected chi connectivity index (χ3v) is 5.97. The number of hydrogen-bond acceptors (Lipinski definition) is 7. The van der Waals surface area contributed by atoms with Gasteiger partial charge in [0, 0.05) is 55.7 Å². The van der Waals surface area contributed by atoms with Gasteiger partial charge in [-0.3, -0.25) is 5.10 Å². The Labute approximate surface area is 194 Å². The third kappa shape index (κ3) is 4.93. The number of fused-ring (bicyclic) bond motifs is 1. The Balaban J connectivity index is 1.53. The maximum atomic E-state index is 13.5. The van der Waals surface area contributed by atoms with Crippen molar-refractivity contribution in [2.45, 2.75) is 13.1 Å². The molecule has 33 heavy (non-hydrogen) atoms. The Bertz CT molecular complexity index is 1120. The van der Waals surface area contributed by atoms with Crippen molar-refractivity contribution < 1.29 is 13.2 Å². The second-order valence-electron chi connectivity index (χ2n) is 8.29. The molecule has 0 aliphatic carbocycles. The minimum Gasteiger partial charge on any atom is -0.383 e. The van der Waals surface area contributed by atoms with Crippen LogP contribution in [0, 0.1) is 6.92 Å². The van der Waals surface area contributed by atoms with Crippen LogP contribution < -0.4 is 15.1 Å². The van der Waals surface area contributed by atoms with E-state index in [1.807, 2.05) is 38.1 Å². The number of benzene rings is 1. The number of halogens is 4. The molecule has 12 heteroatoms. The van der Waals surface area contributed by atoms with Gasteiger partial charge in [0.15, 0.2) is 11.3 Å². The number of H-pyrrole nitrogens is 1. The van der Waals surface area contributed by atoms with Crippen LogP contribution in [-0.2, 0) is 6.18 Å². The topological polar surface area (TPSA) is 76.2 Å². The lowest BCUT2D eigenvalue weighted by atomic mass is 10.1. The molecule has 2 aromatic heterocycles. The molecule has 3 heterocycles. The highest BCUT2D eigenvalue weighted by atomic mass is 35.5. The largest absolute Gasteiger partial charge is 0.433 e. The van der Waals surface area contributed by atoms with Crippen molar-refractivity contribution in [1.29, 1.82) is 0 Å². The number of piperazine rings is 1. The average Bonchev–Trinajstić information content (AvgIpc) is 3.21. The monoisotopic (exact) mass is 482 g/mol. The highest BCUT2D eigenvalue weighted by Gasteiger charge is 2.37. The van der Waals surface area contributed by atoms with Gasteiger partial charge in [-0.25, -0.2) is 9.97 Å². The van der Waals surface area contributed by atoms with Crippen molar-refractivity contribution in [1.82, 2.24) is 25.1 Å². The number of nitrogens with zero attached hydrogens (tertiary/aromatic N) is 6. The molecule has 4 rings (SSSR count). The zero-order chi connectivity index (χ0) is 23.8. The lowest BCUT2D eigenvalue weighted by Crippen LogP contribution is -2.47. The van der Waals surface area contributed by atoms with Crippen LogP contribution in [0.3, 0.4) is 0 Å². The number of rotatable bonds is 6. The Morgan fingerprint density at radius 3 is 2.48 bits per heavy atom. The summed E-state index contributed by atoms with van der Waals surface area (Å²) in [5.41, 5.74) is 2.17. The molecule has 1 fully saturated rings. The van der Waals surface area contributed by atoms with E-state index in [2.05, 4.69) is 35.3 Å². The Hall–Kier alpha value is -2.79. The average molecular weight is 483 g/mol. The van der Waals surface area contributed by atoms with Crippen molar-refractivity contribution in [2.24, 2.45) is 0 Å². The molecular weight excluding hydrogens is 457 g/mol. The molecule has 1 aromatic carbocycles. The standard InChI is InChI=1S/C21H26ClF3N8/c1-13-15(26-4-5-31(2)3)10-14(22)11-16(13)32-6-8-33(9-7-32)20-17-18(21(23,24)25)29-30-19(17)27-12-28-20/h10-12,26H,4-9H2,1-3H3,(H,27,28,29,30). The second-order valence-corrected chi connectivity index (χ2v) is 8.73. The fourth-order valence-corrected chi connectivity index (χ4v) is 4.25. The number of nitrogens with one attached hydrogen (secondary N) is 2. The van der Waals surface area contributed by atoms with Gasteiger partial charge >= 0.3 is 6.18 Å². The van der Waals surface area contributed by atoms with Gasteiger partial charge in [0.25, 0.3) is 0 Å². The Kier molecular flexibility index (Phi) is 6.53. The summed E-state index contributed by atoms with van der Waals surface area (Å²) < 4.78 is 40.4. The van der Waals surface area contributed by atoms with Gasteiger partial charge in [0.05, 0.1) is 5.39 Å². The fraction of sp³-hybridized carbons (Fsp3) is 0.476. The van der Waals surface area contributed by atoms with Crippen molar-refractivity contribution >= 4 is 39.8 Å². The number of anilines is 3. The highest BCUT2D eigenvalue weighted by molar-refractivity contribution is 6.31. The van der Waals surface area contributed by atoms with E-state index in [1.54, 1.807) is 0 Å². The first kappa shape index (κ1) is 23.4. The number of aromatic amines is 1. The molecule has 1 aliphatic heterocycles. The summed E-state index contributed by atoms with van der Waals surface area (Å²) in [7, 11) is 4.04. The van der Waals surface area contributed by atoms with E-state index in [-0.39, 0.29) is 16.9 Å². The summed E-state index contributed by atoms with van der Waals surface area (Å²) in [6.07, 6.45) is -3.32. The SMILES string of the molecule is Cc1c(NCCN(C)C)cc(Cl)cc1N1CCN(c2ncnc3n[nH]c(C(F)(F)F)c23)CC1. The van der Waals surface area contributed by atoms with E-state index in [4.69, 9.17) is 11.6 Å². The highest BCUT2D eigenvalue weighted by Crippen LogP contribution is 2.37. The molecule has 0 amide bonds. The summed E-state index contributed by atoms with van der Waals surface area (Å²) >= 11 is 6.40. The lowest BCUT2D eigenvalue weighted by molar-refractivity contribution is -0.139. The maximum Gasteiger partial charge on any atom is 0.433 e. The van der Waals surface area contributed by atoms with Crippen LogP contribution in [0.5, 0.6) is 0 Å². The van der Waals surface area contributed by atoms with Crippen molar-refractivity contribution in [3.8, 4) is 0 Å². The third-order valence-electron chi connectivity index (χ3n) is 5.75. The van der Waals surface area contributed by atoms with Crippen molar-refractivity contribution in [3.63, 3.8) is 0 Å². The smallest absolute Gasteiger partial charge is 0.383 e. The Morgan fingerprint density at radius 2 is 1.82 bits per heavy atom. The van der Waals surface area contributed by atoms with Crippen LogP contribution in [0.25, 0.3) is 11.0 Å². The van der Waals surface area contributed by atoms with Crippen molar-refractivity contribution in [3.05, 3.63) is 34.7 Å². The predicted octanol–water partition coefficient (Wildman–Crippen LogP) is 3.63. The fourth-order valence-electron chi connectivity index (χ4n) is 4.04. The van der Waals surface area contributed by atoms with Crippen LogP contribution in [0.2, 0.25) is 5.02 Å². The van der Waals surface area contributed by atoms with Gasteiger partial charge in [0.2, 0.25) is 0 Å². The van der Waals surface area contributed by atoms with Crippen LogP contribution in [0.1, 0.15) is 11.3 Å². The number of alkyl halides is 3. The lowest BCUT2D eigenvalue weighted by Gasteiger charge is -2.38. The quantitative estimate of drug-likeness (QED) is 0.555. The van der Waals surface area contributed by atoms with Gasteiger partial charge in [0.1, 0.15) is 12.1 Å². The van der Waals surface area contributed by atoms with E-state index in [0.29, 0.717) is 31.2 Å². The molecular formula is C21H26ClF3N8. The molecule has 1 aliphatic rings. The zero-order valence-corrected chi connectivity index (χ0v) is 19.4. The molecule has 8 nitrogen and oxygen atoms in total. The molecule has 0 atom stereocenters. The Morgan fingerprint density at radius 1 is 1.12 bits per heavy atom. The van der Waals surface area contributed by atoms with Crippen LogP contribution >= 0.6 is 11.6 Å². The summed E-state index contributed by atoms with van der Waals surface area (Å²) in [5, 5.41) is 9.77. The normalized spacial score (nSPS) is 15.0. The van der Waals surface area contributed by atoms with Crippen LogP contribution in [0.4, 0.5) is 30.4 Å². The molecule has 0 spiro atoms. The summed E-state index contributed by atoms with van der Waals surface area (Å²) in [5.74, 6) is 0.245. The summed E-state index contributed by atoms with van der Waals surface area (Å²) in [4.78, 5) is 14.2. The van der Waals surface area contributed by atoms with Gasteiger partial charge in [-0.15, -0.1) is 0 Å². The van der Waals surface area contributed by atoms with E-state index in [9.17, 15) is 13.2 Å². The van der Waals surface area contributed by atoms with E-state index in [1.165, 1.54) is 6.33 Å². The predicted molar refractivity (Wildman–Crippen MR) is 124 cm³/mol. The molecule has 2 N–H and O–H groups in total. The minimum atomic E-state index is -4.57. The zero-order valence-electron chi connectivity index (χ0n) is 18.7. The van der Waals surface area contributed by atoms with Gasteiger partial charge < -0.3 is 20.0 Å². The van der Waals surface area contributed by atoms with Gasteiger partial charge in [-0.05, 0) is 38.7 Å². The maximum absolute atomic E-state index is 13.5. The van der Waals surface area contributed by atoms with E-state index >= 15 is 0 Å². The van der Waals surface area contributed by atoms with E-state index in [0.717, 1.165) is 30.0 Å². The van der Waals surface area contributed by atoms with Crippen LogP contribution in [0.15, 0.2) is 18.5 Å². The second kappa shape index (κ2) is 9.22. The number of likely N-dealkylation sites (N-methyl/N-ethyl adjacent to an activating group) is 1. The molecule has 3 aromatic rings. The van der Waals surface area contributed by atoms with E-state index < -0.39 is 11.9 Å². The number of hydrogen-bond donors (Lipinski definition) is 2. The van der Waals surface area contributed by atoms with Gasteiger partial charge in [-0.2, -0.15) is 18.3 Å². The summed E-state index contributed by atoms with van der Waals surface area (Å²) in [6.45, 7) is 5.96. The first-order chi connectivity index (χ1) is 15.6. The molecule has 1 saturated heterocycles. The first-order valence-electron chi connectivity index (χ1n) is 10.6. The van der Waals surface area contributed by atoms with Crippen LogP contribution in [-0.4, -0.2) is 78.4 Å². The molecule has 0 saturated carbocycles. The van der Waals surface area contributed by atoms with Gasteiger partial charge in [-0.1, -0.05) is 11.6 Å². The number of aromatic nitrogens is 4. The first-order valence-corrected chi connectivity index (χ1v) is 11.0. The molecule has 0 unspecified atom stereocenters. The van der Waals surface area contributed by atoms with Crippen molar-refractivity contribution in [2.75, 3.05) is 68.5 Å². The molecule has 0 bridgehead atoms. The molecule has 178 valence electrons. The minimum absolute atomic E-state index is 0.00822. The summed E-state index contributed by atoms with van der Waals surface area (Å²) in [6, 6.07) is 3.85. The molecule has 0 radical (unpaired) electrons.